The van der Waals surface area contributed by atoms with Crippen LogP contribution in [0.5, 0.6) is 17.2 Å². The second-order valence-electron chi connectivity index (χ2n) is 6.22. The SMILES string of the molecule is COc1ccc(OC)c(-c2c(C#N)c(N)nc3c2CCCCC3)c1OC. The summed E-state index contributed by atoms with van der Waals surface area (Å²) < 4.78 is 16.7. The number of rotatable bonds is 4. The lowest BCUT2D eigenvalue weighted by Gasteiger charge is -2.21. The molecule has 26 heavy (non-hydrogen) atoms. The second kappa shape index (κ2) is 7.52. The predicted molar refractivity (Wildman–Crippen MR) is 99.7 cm³/mol. The summed E-state index contributed by atoms with van der Waals surface area (Å²) in [6.45, 7) is 0. The van der Waals surface area contributed by atoms with Gasteiger partial charge >= 0.3 is 0 Å². The van der Waals surface area contributed by atoms with Crippen LogP contribution in [0.1, 0.15) is 36.1 Å². The van der Waals surface area contributed by atoms with Crippen molar-refractivity contribution in [1.29, 1.82) is 5.26 Å². The van der Waals surface area contributed by atoms with Gasteiger partial charge in [-0.2, -0.15) is 5.26 Å². The minimum atomic E-state index is 0.245. The van der Waals surface area contributed by atoms with Crippen molar-refractivity contribution in [2.75, 3.05) is 27.1 Å². The third-order valence-electron chi connectivity index (χ3n) is 4.84. The number of nitrogens with zero attached hydrogens (tertiary/aromatic N) is 2. The Morgan fingerprint density at radius 2 is 1.65 bits per heavy atom. The van der Waals surface area contributed by atoms with Gasteiger partial charge in [0.05, 0.1) is 26.9 Å². The Labute approximate surface area is 153 Å². The number of methoxy groups -OCH3 is 3. The number of nitrogens with two attached hydrogens (primary N) is 1. The van der Waals surface area contributed by atoms with Crippen LogP contribution in [0.2, 0.25) is 0 Å². The Morgan fingerprint density at radius 3 is 2.31 bits per heavy atom. The highest BCUT2D eigenvalue weighted by Gasteiger charge is 2.27. The van der Waals surface area contributed by atoms with E-state index in [0.717, 1.165) is 48.9 Å². The van der Waals surface area contributed by atoms with E-state index in [0.29, 0.717) is 28.4 Å². The Hall–Kier alpha value is -2.94. The molecular weight excluding hydrogens is 330 g/mol. The van der Waals surface area contributed by atoms with Gasteiger partial charge in [-0.1, -0.05) is 6.42 Å². The number of nitriles is 1. The van der Waals surface area contributed by atoms with Crippen LogP contribution in [-0.4, -0.2) is 26.3 Å². The molecule has 2 N–H and O–H groups in total. The van der Waals surface area contributed by atoms with Gasteiger partial charge in [-0.15, -0.1) is 0 Å². The minimum absolute atomic E-state index is 0.245. The van der Waals surface area contributed by atoms with Gasteiger partial charge < -0.3 is 19.9 Å². The first-order chi connectivity index (χ1) is 12.7. The van der Waals surface area contributed by atoms with Crippen LogP contribution in [0, 0.1) is 11.3 Å². The van der Waals surface area contributed by atoms with Gasteiger partial charge in [0.15, 0.2) is 11.5 Å². The summed E-state index contributed by atoms with van der Waals surface area (Å²) in [7, 11) is 4.76. The number of aryl methyl sites for hydroxylation is 1. The van der Waals surface area contributed by atoms with E-state index in [1.54, 1.807) is 27.4 Å². The average Bonchev–Trinajstić information content (AvgIpc) is 2.90. The highest BCUT2D eigenvalue weighted by Crippen LogP contribution is 2.48. The molecule has 0 bridgehead atoms. The molecule has 0 unspecified atom stereocenters. The summed E-state index contributed by atoms with van der Waals surface area (Å²) >= 11 is 0. The number of nitrogen functional groups attached to an aromatic ring is 1. The molecule has 6 heteroatoms. The lowest BCUT2D eigenvalue weighted by Crippen LogP contribution is -2.08. The fraction of sp³-hybridized carbons (Fsp3) is 0.400. The van der Waals surface area contributed by atoms with Crippen LogP contribution in [0.4, 0.5) is 5.82 Å². The number of pyridine rings is 1. The van der Waals surface area contributed by atoms with Crippen molar-refractivity contribution in [2.24, 2.45) is 0 Å². The molecule has 0 fully saturated rings. The number of hydrogen-bond donors (Lipinski definition) is 1. The number of aromatic nitrogens is 1. The molecule has 1 aromatic heterocycles. The monoisotopic (exact) mass is 353 g/mol. The van der Waals surface area contributed by atoms with E-state index in [9.17, 15) is 5.26 Å². The summed E-state index contributed by atoms with van der Waals surface area (Å²) in [6, 6.07) is 5.84. The zero-order chi connectivity index (χ0) is 18.7. The largest absolute Gasteiger partial charge is 0.496 e. The third kappa shape index (κ3) is 2.90. The molecule has 2 aromatic rings. The van der Waals surface area contributed by atoms with Crippen LogP contribution < -0.4 is 19.9 Å². The van der Waals surface area contributed by atoms with Gasteiger partial charge in [0.25, 0.3) is 0 Å². The molecule has 0 amide bonds. The van der Waals surface area contributed by atoms with Crippen LogP contribution in [-0.2, 0) is 12.8 Å². The Morgan fingerprint density at radius 1 is 0.962 bits per heavy atom. The number of fused-ring (bicyclic) bond motifs is 1. The molecule has 0 aliphatic heterocycles. The third-order valence-corrected chi connectivity index (χ3v) is 4.84. The Kier molecular flexibility index (Phi) is 5.17. The smallest absolute Gasteiger partial charge is 0.172 e. The van der Waals surface area contributed by atoms with E-state index >= 15 is 0 Å². The minimum Gasteiger partial charge on any atom is -0.496 e. The van der Waals surface area contributed by atoms with E-state index in [1.807, 2.05) is 6.07 Å². The van der Waals surface area contributed by atoms with Crippen molar-refractivity contribution in [3.8, 4) is 34.4 Å². The maximum absolute atomic E-state index is 9.80. The normalized spacial score (nSPS) is 13.3. The van der Waals surface area contributed by atoms with E-state index < -0.39 is 0 Å². The van der Waals surface area contributed by atoms with Crippen molar-refractivity contribution >= 4 is 5.82 Å². The van der Waals surface area contributed by atoms with Crippen molar-refractivity contribution < 1.29 is 14.2 Å². The zero-order valence-electron chi connectivity index (χ0n) is 15.4. The molecule has 0 saturated carbocycles. The van der Waals surface area contributed by atoms with Crippen molar-refractivity contribution in [3.05, 3.63) is 29.0 Å². The maximum Gasteiger partial charge on any atom is 0.172 e. The molecule has 0 atom stereocenters. The van der Waals surface area contributed by atoms with E-state index in [2.05, 4.69) is 11.1 Å². The first-order valence-corrected chi connectivity index (χ1v) is 8.66. The summed E-state index contributed by atoms with van der Waals surface area (Å²) in [5, 5.41) is 9.80. The Bertz CT molecular complexity index is 872. The number of ether oxygens (including phenoxy) is 3. The van der Waals surface area contributed by atoms with Gasteiger partial charge in [0, 0.05) is 11.3 Å². The lowest BCUT2D eigenvalue weighted by atomic mass is 9.90. The molecule has 6 nitrogen and oxygen atoms in total. The molecule has 0 saturated heterocycles. The topological polar surface area (TPSA) is 90.4 Å². The lowest BCUT2D eigenvalue weighted by molar-refractivity contribution is 0.351. The molecule has 1 aliphatic carbocycles. The molecule has 1 heterocycles. The number of benzene rings is 1. The number of anilines is 1. The van der Waals surface area contributed by atoms with Gasteiger partial charge in [-0.3, -0.25) is 0 Å². The molecule has 1 aliphatic rings. The fourth-order valence-electron chi connectivity index (χ4n) is 3.64. The second-order valence-corrected chi connectivity index (χ2v) is 6.22. The molecule has 0 spiro atoms. The Balaban J connectivity index is 2.44. The predicted octanol–water partition coefficient (Wildman–Crippen LogP) is 3.50. The van der Waals surface area contributed by atoms with Crippen molar-refractivity contribution in [2.45, 2.75) is 32.1 Å². The highest BCUT2D eigenvalue weighted by atomic mass is 16.5. The molecule has 3 rings (SSSR count). The molecule has 0 radical (unpaired) electrons. The first kappa shape index (κ1) is 17.9. The fourth-order valence-corrected chi connectivity index (χ4v) is 3.64. The zero-order valence-corrected chi connectivity index (χ0v) is 15.4. The van der Waals surface area contributed by atoms with Crippen LogP contribution in [0.25, 0.3) is 11.1 Å². The summed E-state index contributed by atoms with van der Waals surface area (Å²) in [5.74, 6) is 1.96. The number of hydrogen-bond acceptors (Lipinski definition) is 6. The van der Waals surface area contributed by atoms with E-state index in [4.69, 9.17) is 19.9 Å². The maximum atomic E-state index is 9.80. The summed E-state index contributed by atoms with van der Waals surface area (Å²) in [4.78, 5) is 4.53. The quantitative estimate of drug-likeness (QED) is 0.846. The van der Waals surface area contributed by atoms with Crippen molar-refractivity contribution in [1.82, 2.24) is 4.98 Å². The first-order valence-electron chi connectivity index (χ1n) is 8.66. The molecular formula is C20H23N3O3. The van der Waals surface area contributed by atoms with E-state index in [1.165, 1.54) is 0 Å². The van der Waals surface area contributed by atoms with Crippen LogP contribution in [0.15, 0.2) is 12.1 Å². The van der Waals surface area contributed by atoms with Crippen LogP contribution >= 0.6 is 0 Å². The van der Waals surface area contributed by atoms with Gasteiger partial charge in [-0.05, 0) is 43.4 Å². The van der Waals surface area contributed by atoms with Gasteiger partial charge in [0.2, 0.25) is 0 Å². The van der Waals surface area contributed by atoms with Gasteiger partial charge in [0.1, 0.15) is 23.2 Å². The average molecular weight is 353 g/mol. The standard InChI is InChI=1S/C20H23N3O3/c1-24-15-9-10-16(25-2)19(26-3)18(15)17-12-7-5-4-6-8-14(12)23-20(22)13(17)11-21/h9-10H,4-8H2,1-3H3,(H2,22,23). The van der Waals surface area contributed by atoms with E-state index in [-0.39, 0.29) is 5.82 Å². The van der Waals surface area contributed by atoms with Crippen molar-refractivity contribution in [3.63, 3.8) is 0 Å². The summed E-state index contributed by atoms with van der Waals surface area (Å²) in [5.41, 5.74) is 9.97. The van der Waals surface area contributed by atoms with Crippen LogP contribution in [0.3, 0.4) is 0 Å². The molecule has 136 valence electrons. The molecule has 1 aromatic carbocycles. The highest BCUT2D eigenvalue weighted by molar-refractivity contribution is 5.88. The van der Waals surface area contributed by atoms with Gasteiger partial charge in [-0.25, -0.2) is 4.98 Å². The summed E-state index contributed by atoms with van der Waals surface area (Å²) in [6.07, 6.45) is 4.94.